The fourth-order valence-electron chi connectivity index (χ4n) is 16.3. The van der Waals surface area contributed by atoms with Crippen LogP contribution in [-0.2, 0) is 21.7 Å². The van der Waals surface area contributed by atoms with Crippen molar-refractivity contribution in [3.8, 4) is 0 Å². The summed E-state index contributed by atoms with van der Waals surface area (Å²) in [6.07, 6.45) is 13.9. The van der Waals surface area contributed by atoms with Crippen LogP contribution in [-0.4, -0.2) is 29.9 Å². The minimum Gasteiger partial charge on any atom is -0.362 e. The third-order valence-electron chi connectivity index (χ3n) is 20.2. The van der Waals surface area contributed by atoms with Crippen LogP contribution < -0.4 is 25.6 Å². The van der Waals surface area contributed by atoms with E-state index in [9.17, 15) is 0 Å². The predicted molar refractivity (Wildman–Crippen MR) is 286 cm³/mol. The Labute approximate surface area is 400 Å². The summed E-state index contributed by atoms with van der Waals surface area (Å²) < 4.78 is 2.84. The molecule has 0 bridgehead atoms. The summed E-state index contributed by atoms with van der Waals surface area (Å²) in [6, 6.07) is 35.7. The van der Waals surface area contributed by atoms with Gasteiger partial charge in [-0.05, 0) is 145 Å². The van der Waals surface area contributed by atoms with Gasteiger partial charge in [0, 0.05) is 66.7 Å². The molecule has 340 valence electrons. The van der Waals surface area contributed by atoms with Crippen molar-refractivity contribution in [2.45, 2.75) is 197 Å². The Morgan fingerprint density at radius 3 is 2.05 bits per heavy atom. The van der Waals surface area contributed by atoms with Crippen molar-refractivity contribution in [1.82, 2.24) is 0 Å². The van der Waals surface area contributed by atoms with Gasteiger partial charge in [-0.25, -0.2) is 0 Å². The lowest BCUT2D eigenvalue weighted by Crippen LogP contribution is -2.67. The molecular weight excluding hydrogens is 818 g/mol. The number of rotatable bonds is 2. The van der Waals surface area contributed by atoms with Crippen LogP contribution in [0.4, 0.5) is 28.4 Å². The number of hydrogen-bond donors (Lipinski definition) is 0. The van der Waals surface area contributed by atoms with E-state index in [0.29, 0.717) is 24.6 Å². The summed E-state index contributed by atoms with van der Waals surface area (Å²) in [7, 11) is 0. The van der Waals surface area contributed by atoms with E-state index in [0.717, 1.165) is 6.42 Å². The van der Waals surface area contributed by atoms with Crippen LogP contribution in [0.2, 0.25) is 5.82 Å². The number of hydrogen-bond acceptors (Lipinski definition) is 4. The summed E-state index contributed by atoms with van der Waals surface area (Å²) in [6.45, 7) is 28.0. The topological polar surface area (TPSA) is 9.72 Å². The van der Waals surface area contributed by atoms with Gasteiger partial charge in [-0.2, -0.15) is 0 Å². The molecule has 5 aromatic carbocycles. The summed E-state index contributed by atoms with van der Waals surface area (Å²) >= 11 is 2.02. The predicted octanol–water partition coefficient (Wildman–Crippen LogP) is 15.2. The second-order valence-corrected chi connectivity index (χ2v) is 26.6. The van der Waals surface area contributed by atoms with E-state index in [1.54, 1.807) is 33.4 Å². The van der Waals surface area contributed by atoms with E-state index in [-0.39, 0.29) is 32.7 Å². The summed E-state index contributed by atoms with van der Waals surface area (Å²) in [5.41, 5.74) is 19.0. The van der Waals surface area contributed by atoms with Gasteiger partial charge in [0.1, 0.15) is 0 Å². The van der Waals surface area contributed by atoms with Crippen LogP contribution in [0.15, 0.2) is 84.9 Å². The van der Waals surface area contributed by atoms with Gasteiger partial charge >= 0.3 is 0 Å². The van der Waals surface area contributed by atoms with Gasteiger partial charge in [-0.3, -0.25) is 0 Å². The van der Waals surface area contributed by atoms with E-state index >= 15 is 0 Å². The first-order valence-corrected chi connectivity index (χ1v) is 27.0. The Hall–Kier alpha value is -4.22. The van der Waals surface area contributed by atoms with Crippen LogP contribution >= 0.6 is 11.3 Å². The fourth-order valence-corrected chi connectivity index (χ4v) is 17.5. The van der Waals surface area contributed by atoms with Gasteiger partial charge in [0.05, 0.1) is 15.9 Å². The normalized spacial score (nSPS) is 30.9. The minimum absolute atomic E-state index is 0.0221. The third-order valence-corrected chi connectivity index (χ3v) is 21.4. The van der Waals surface area contributed by atoms with Gasteiger partial charge in [0.15, 0.2) is 0 Å². The molecular formula is C61H72BN3S. The smallest absolute Gasteiger partial charge is 0.222 e. The average molecular weight is 890 g/mol. The summed E-state index contributed by atoms with van der Waals surface area (Å²) in [4.78, 5) is 9.02. The molecule has 0 saturated heterocycles. The highest BCUT2D eigenvalue weighted by molar-refractivity contribution is 7.26. The van der Waals surface area contributed by atoms with Crippen LogP contribution in [0.25, 0.3) is 20.2 Å². The first-order chi connectivity index (χ1) is 31.4. The molecule has 0 amide bonds. The largest absolute Gasteiger partial charge is 0.362 e. The molecule has 0 N–H and O–H groups in total. The molecule has 3 nitrogen and oxygen atoms in total. The third kappa shape index (κ3) is 5.23. The molecule has 1 aromatic heterocycles. The number of aryl methyl sites for hydroxylation is 1. The molecule has 3 aliphatic carbocycles. The fraction of sp³-hybridized carbons (Fsp3) is 0.508. The first-order valence-electron chi connectivity index (χ1n) is 26.1. The number of fused-ring (bicyclic) bond motifs is 13. The zero-order valence-electron chi connectivity index (χ0n) is 41.9. The zero-order valence-corrected chi connectivity index (χ0v) is 42.7. The van der Waals surface area contributed by atoms with Gasteiger partial charge in [0.2, 0.25) is 6.71 Å². The molecule has 4 aliphatic heterocycles. The van der Waals surface area contributed by atoms with Crippen molar-refractivity contribution in [2.75, 3.05) is 14.7 Å². The Bertz CT molecular complexity index is 3040. The van der Waals surface area contributed by atoms with Crippen molar-refractivity contribution in [3.05, 3.63) is 113 Å². The van der Waals surface area contributed by atoms with Crippen molar-refractivity contribution in [1.29, 1.82) is 0 Å². The molecule has 3 saturated carbocycles. The van der Waals surface area contributed by atoms with E-state index in [1.807, 2.05) is 11.3 Å². The SMILES string of the molecule is Cc1cc2c3c(c1)N1c4c(cc(C(C)(C)C)cc4C4(C)CCCCC14C)B3C1CCC(N3c4ccc(C(C)(C)C)cc4C4(C)CCCCC34C)CC1N2c1cccc2c1sc1ccccc12. The monoisotopic (exact) mass is 890 g/mol. The van der Waals surface area contributed by atoms with E-state index < -0.39 is 0 Å². The first kappa shape index (κ1) is 41.9. The molecule has 6 aromatic rings. The van der Waals surface area contributed by atoms with Crippen LogP contribution in [0.5, 0.6) is 0 Å². The molecule has 3 fully saturated rings. The number of benzene rings is 5. The summed E-state index contributed by atoms with van der Waals surface area (Å²) in [5, 5.41) is 2.80. The Morgan fingerprint density at radius 2 is 1.29 bits per heavy atom. The maximum Gasteiger partial charge on any atom is 0.222 e. The van der Waals surface area contributed by atoms with Crippen LogP contribution in [0, 0.1) is 6.92 Å². The van der Waals surface area contributed by atoms with E-state index in [4.69, 9.17) is 0 Å². The molecule has 7 unspecified atom stereocenters. The van der Waals surface area contributed by atoms with Crippen molar-refractivity contribution >= 4 is 77.6 Å². The van der Waals surface area contributed by atoms with E-state index in [2.05, 4.69) is 176 Å². The van der Waals surface area contributed by atoms with E-state index in [1.165, 1.54) is 118 Å². The molecule has 66 heavy (non-hydrogen) atoms. The van der Waals surface area contributed by atoms with Crippen molar-refractivity contribution < 1.29 is 0 Å². The zero-order chi connectivity index (χ0) is 45.7. The lowest BCUT2D eigenvalue weighted by molar-refractivity contribution is 0.163. The molecule has 0 spiro atoms. The quantitative estimate of drug-likeness (QED) is 0.160. The highest BCUT2D eigenvalue weighted by Crippen LogP contribution is 2.65. The lowest BCUT2D eigenvalue weighted by atomic mass is 9.27. The maximum absolute atomic E-state index is 3.08. The highest BCUT2D eigenvalue weighted by Gasteiger charge is 2.64. The van der Waals surface area contributed by atoms with Crippen molar-refractivity contribution in [2.24, 2.45) is 0 Å². The van der Waals surface area contributed by atoms with Gasteiger partial charge in [0.25, 0.3) is 0 Å². The number of nitrogens with zero attached hydrogens (tertiary/aromatic N) is 3. The van der Waals surface area contributed by atoms with Crippen LogP contribution in [0.1, 0.15) is 168 Å². The standard InChI is InChI=1S/C61H72BN3S/c1-37-31-50-53-51(32-37)65-54-44(59(9)28-15-17-30-61(59,65)11)34-39(57(5,6)7)35-46(54)62(53)45-25-24-40(36-49(45)63(50)48-21-18-20-42-41-19-12-13-22-52(41)66-55(42)48)64-47-26-23-38(56(2,3)4)33-43(47)58(8)27-14-16-29-60(58,64)10/h12-13,18-23,26,31-35,40,45,49H,14-17,24-25,27-30,36H2,1-11H3. The second-order valence-electron chi connectivity index (χ2n) is 25.5. The Balaban J connectivity index is 1.06. The Kier molecular flexibility index (Phi) is 8.59. The molecule has 7 aliphatic rings. The molecule has 0 radical (unpaired) electrons. The Morgan fingerprint density at radius 1 is 0.621 bits per heavy atom. The molecule has 7 atom stereocenters. The minimum atomic E-state index is 0.0221. The van der Waals surface area contributed by atoms with Crippen molar-refractivity contribution in [3.63, 3.8) is 0 Å². The molecule has 13 rings (SSSR count). The van der Waals surface area contributed by atoms with Gasteiger partial charge < -0.3 is 14.7 Å². The lowest BCUT2D eigenvalue weighted by Gasteiger charge is -2.58. The molecule has 5 heterocycles. The van der Waals surface area contributed by atoms with Gasteiger partial charge in [-0.1, -0.05) is 142 Å². The number of thiophene rings is 1. The maximum atomic E-state index is 3.08. The summed E-state index contributed by atoms with van der Waals surface area (Å²) in [5.74, 6) is 0.487. The van der Waals surface area contributed by atoms with Crippen LogP contribution in [0.3, 0.4) is 0 Å². The highest BCUT2D eigenvalue weighted by atomic mass is 32.1. The molecule has 5 heteroatoms. The average Bonchev–Trinajstić information content (AvgIpc) is 3.83. The number of anilines is 5. The van der Waals surface area contributed by atoms with Gasteiger partial charge in [-0.15, -0.1) is 11.3 Å². The second kappa shape index (κ2) is 13.5.